The first kappa shape index (κ1) is 11.9. The molecule has 1 aliphatic heterocycles. The standard InChI is InChI=1S/C12H16N6O/c1-4-17-5-6-18-10(13-14-11(18)12(17)19)9-7-8(2)16(3)15-9/h7H,4-6H2,1-3H3. The summed E-state index contributed by atoms with van der Waals surface area (Å²) in [6.07, 6.45) is 0. The minimum atomic E-state index is -0.0554. The Morgan fingerprint density at radius 2 is 2.00 bits per heavy atom. The third-order valence-corrected chi connectivity index (χ3v) is 3.55. The smallest absolute Gasteiger partial charge is 0.291 e. The molecule has 100 valence electrons. The van der Waals surface area contributed by atoms with Crippen LogP contribution < -0.4 is 0 Å². The number of nitrogens with zero attached hydrogens (tertiary/aromatic N) is 6. The molecule has 1 aliphatic rings. The molecule has 0 unspecified atom stereocenters. The van der Waals surface area contributed by atoms with Crippen molar-refractivity contribution in [1.29, 1.82) is 0 Å². The monoisotopic (exact) mass is 260 g/mol. The lowest BCUT2D eigenvalue weighted by molar-refractivity contribution is 0.0707. The van der Waals surface area contributed by atoms with Crippen molar-refractivity contribution in [2.24, 2.45) is 7.05 Å². The SMILES string of the molecule is CCN1CCn2c(nnc2-c2cc(C)n(C)n2)C1=O. The Morgan fingerprint density at radius 3 is 2.63 bits per heavy atom. The first-order valence-electron chi connectivity index (χ1n) is 6.35. The quantitative estimate of drug-likeness (QED) is 0.786. The summed E-state index contributed by atoms with van der Waals surface area (Å²) in [6.45, 7) is 6.05. The zero-order valence-corrected chi connectivity index (χ0v) is 11.3. The van der Waals surface area contributed by atoms with Crippen molar-refractivity contribution in [3.8, 4) is 11.5 Å². The molecule has 3 rings (SSSR count). The van der Waals surface area contributed by atoms with Crippen molar-refractivity contribution in [2.45, 2.75) is 20.4 Å². The Labute approximate surface area is 110 Å². The Hall–Kier alpha value is -2.18. The van der Waals surface area contributed by atoms with Crippen LogP contribution in [0.5, 0.6) is 0 Å². The maximum atomic E-state index is 12.1. The third kappa shape index (κ3) is 1.73. The largest absolute Gasteiger partial charge is 0.334 e. The summed E-state index contributed by atoms with van der Waals surface area (Å²) in [6, 6.07) is 1.95. The molecule has 0 aliphatic carbocycles. The van der Waals surface area contributed by atoms with E-state index in [1.165, 1.54) is 0 Å². The van der Waals surface area contributed by atoms with Crippen LogP contribution in [0.1, 0.15) is 23.2 Å². The van der Waals surface area contributed by atoms with Crippen molar-refractivity contribution in [1.82, 2.24) is 29.4 Å². The van der Waals surface area contributed by atoms with Crippen LogP contribution in [0.3, 0.4) is 0 Å². The van der Waals surface area contributed by atoms with Gasteiger partial charge in [-0.3, -0.25) is 14.0 Å². The van der Waals surface area contributed by atoms with Crippen LogP contribution in [0.25, 0.3) is 11.5 Å². The molecule has 7 nitrogen and oxygen atoms in total. The van der Waals surface area contributed by atoms with Gasteiger partial charge in [0.1, 0.15) is 5.69 Å². The molecule has 0 N–H and O–H groups in total. The normalized spacial score (nSPS) is 14.9. The number of aryl methyl sites for hydroxylation is 2. The topological polar surface area (TPSA) is 68.8 Å². The van der Waals surface area contributed by atoms with Gasteiger partial charge in [0.05, 0.1) is 0 Å². The van der Waals surface area contributed by atoms with E-state index in [1.807, 2.05) is 31.5 Å². The molecule has 0 bridgehead atoms. The molecule has 0 saturated heterocycles. The zero-order chi connectivity index (χ0) is 13.6. The zero-order valence-electron chi connectivity index (χ0n) is 11.3. The average Bonchev–Trinajstić information content (AvgIpc) is 2.95. The van der Waals surface area contributed by atoms with Gasteiger partial charge in [-0.1, -0.05) is 0 Å². The first-order valence-corrected chi connectivity index (χ1v) is 6.35. The fourth-order valence-corrected chi connectivity index (χ4v) is 2.30. The number of likely N-dealkylation sites (N-methyl/N-ethyl adjacent to an activating group) is 1. The number of fused-ring (bicyclic) bond motifs is 1. The molecule has 7 heteroatoms. The number of hydrogen-bond donors (Lipinski definition) is 0. The van der Waals surface area contributed by atoms with Gasteiger partial charge in [0.2, 0.25) is 5.82 Å². The molecule has 3 heterocycles. The number of rotatable bonds is 2. The van der Waals surface area contributed by atoms with E-state index in [4.69, 9.17) is 0 Å². The van der Waals surface area contributed by atoms with E-state index < -0.39 is 0 Å². The van der Waals surface area contributed by atoms with E-state index in [1.54, 1.807) is 9.58 Å². The highest BCUT2D eigenvalue weighted by Gasteiger charge is 2.28. The molecule has 2 aromatic rings. The number of aromatic nitrogens is 5. The van der Waals surface area contributed by atoms with E-state index in [9.17, 15) is 4.79 Å². The highest BCUT2D eigenvalue weighted by molar-refractivity contribution is 5.92. The second-order valence-corrected chi connectivity index (χ2v) is 4.68. The van der Waals surface area contributed by atoms with Gasteiger partial charge in [-0.25, -0.2) is 0 Å². The molecule has 19 heavy (non-hydrogen) atoms. The van der Waals surface area contributed by atoms with Crippen molar-refractivity contribution in [3.63, 3.8) is 0 Å². The molecule has 0 saturated carbocycles. The van der Waals surface area contributed by atoms with E-state index in [-0.39, 0.29) is 5.91 Å². The van der Waals surface area contributed by atoms with Crippen LogP contribution in [-0.2, 0) is 13.6 Å². The van der Waals surface area contributed by atoms with E-state index in [0.717, 1.165) is 11.4 Å². The Morgan fingerprint density at radius 1 is 1.26 bits per heavy atom. The lowest BCUT2D eigenvalue weighted by Gasteiger charge is -2.25. The summed E-state index contributed by atoms with van der Waals surface area (Å²) < 4.78 is 3.65. The maximum absolute atomic E-state index is 12.1. The Bertz CT molecular complexity index is 621. The van der Waals surface area contributed by atoms with Crippen molar-refractivity contribution < 1.29 is 4.79 Å². The fraction of sp³-hybridized carbons (Fsp3) is 0.500. The molecule has 0 aromatic carbocycles. The van der Waals surface area contributed by atoms with Gasteiger partial charge in [0, 0.05) is 32.4 Å². The lowest BCUT2D eigenvalue weighted by Crippen LogP contribution is -2.40. The lowest BCUT2D eigenvalue weighted by atomic mass is 10.3. The van der Waals surface area contributed by atoms with Crippen molar-refractivity contribution in [3.05, 3.63) is 17.6 Å². The van der Waals surface area contributed by atoms with Crippen molar-refractivity contribution in [2.75, 3.05) is 13.1 Å². The van der Waals surface area contributed by atoms with Crippen LogP contribution in [0, 0.1) is 6.92 Å². The minimum absolute atomic E-state index is 0.0554. The van der Waals surface area contributed by atoms with Gasteiger partial charge in [0.25, 0.3) is 5.91 Å². The number of hydrogen-bond acceptors (Lipinski definition) is 4. The summed E-state index contributed by atoms with van der Waals surface area (Å²) in [5.74, 6) is 1.02. The first-order chi connectivity index (χ1) is 9.11. The summed E-state index contributed by atoms with van der Waals surface area (Å²) in [4.78, 5) is 13.9. The van der Waals surface area contributed by atoms with Gasteiger partial charge in [-0.15, -0.1) is 10.2 Å². The summed E-state index contributed by atoms with van der Waals surface area (Å²) in [5.41, 5.74) is 1.81. The van der Waals surface area contributed by atoms with E-state index in [0.29, 0.717) is 31.3 Å². The number of carbonyl (C=O) groups excluding carboxylic acids is 1. The van der Waals surface area contributed by atoms with Gasteiger partial charge >= 0.3 is 0 Å². The number of carbonyl (C=O) groups is 1. The van der Waals surface area contributed by atoms with E-state index >= 15 is 0 Å². The van der Waals surface area contributed by atoms with Gasteiger partial charge < -0.3 is 4.90 Å². The van der Waals surface area contributed by atoms with E-state index in [2.05, 4.69) is 15.3 Å². The predicted octanol–water partition coefficient (Wildman–Crippen LogP) is 0.463. The summed E-state index contributed by atoms with van der Waals surface area (Å²) in [7, 11) is 1.89. The molecular weight excluding hydrogens is 244 g/mol. The molecule has 1 amide bonds. The second-order valence-electron chi connectivity index (χ2n) is 4.68. The highest BCUT2D eigenvalue weighted by Crippen LogP contribution is 2.21. The van der Waals surface area contributed by atoms with Crippen LogP contribution in [0.2, 0.25) is 0 Å². The van der Waals surface area contributed by atoms with Crippen LogP contribution in [0.4, 0.5) is 0 Å². The molecule has 0 fully saturated rings. The van der Waals surface area contributed by atoms with Crippen LogP contribution >= 0.6 is 0 Å². The Kier molecular flexibility index (Phi) is 2.62. The molecule has 0 radical (unpaired) electrons. The van der Waals surface area contributed by atoms with Gasteiger partial charge in [0.15, 0.2) is 5.82 Å². The third-order valence-electron chi connectivity index (χ3n) is 3.55. The molecular formula is C12H16N6O. The minimum Gasteiger partial charge on any atom is -0.334 e. The summed E-state index contributed by atoms with van der Waals surface area (Å²) >= 11 is 0. The predicted molar refractivity (Wildman–Crippen MR) is 68.5 cm³/mol. The van der Waals surface area contributed by atoms with Crippen LogP contribution in [0.15, 0.2) is 6.07 Å². The molecule has 0 spiro atoms. The highest BCUT2D eigenvalue weighted by atomic mass is 16.2. The molecule has 0 atom stereocenters. The van der Waals surface area contributed by atoms with Gasteiger partial charge in [-0.05, 0) is 19.9 Å². The average molecular weight is 260 g/mol. The fourth-order valence-electron chi connectivity index (χ4n) is 2.30. The summed E-state index contributed by atoms with van der Waals surface area (Å²) in [5, 5.41) is 12.5. The maximum Gasteiger partial charge on any atom is 0.291 e. The second kappa shape index (κ2) is 4.18. The van der Waals surface area contributed by atoms with Crippen molar-refractivity contribution >= 4 is 5.91 Å². The van der Waals surface area contributed by atoms with Gasteiger partial charge in [-0.2, -0.15) is 5.10 Å². The van der Waals surface area contributed by atoms with Crippen LogP contribution in [-0.4, -0.2) is 48.4 Å². The Balaban J connectivity index is 2.05. The molecule has 2 aromatic heterocycles. The number of amides is 1.